The predicted octanol–water partition coefficient (Wildman–Crippen LogP) is 5.20. The van der Waals surface area contributed by atoms with Gasteiger partial charge >= 0.3 is 0 Å². The maximum Gasteiger partial charge on any atom is 0.260 e. The molecule has 1 aromatic heterocycles. The molecule has 3 rings (SSSR count). The molecule has 1 amide bonds. The van der Waals surface area contributed by atoms with Crippen LogP contribution in [0, 0.1) is 0 Å². The van der Waals surface area contributed by atoms with E-state index in [0.717, 1.165) is 15.2 Å². The number of rotatable bonds is 5. The van der Waals surface area contributed by atoms with Crippen LogP contribution in [0.4, 0.5) is 0 Å². The van der Waals surface area contributed by atoms with E-state index in [1.807, 2.05) is 31.2 Å². The number of aromatic nitrogens is 1. The van der Waals surface area contributed by atoms with Gasteiger partial charge < -0.3 is 9.64 Å². The first-order valence-corrected chi connectivity index (χ1v) is 9.22. The topological polar surface area (TPSA) is 42.4 Å². The van der Waals surface area contributed by atoms with Crippen LogP contribution < -0.4 is 4.74 Å². The van der Waals surface area contributed by atoms with Crippen LogP contribution in [0.1, 0.15) is 18.0 Å². The lowest BCUT2D eigenvalue weighted by molar-refractivity contribution is -0.134. The van der Waals surface area contributed by atoms with Gasteiger partial charge in [-0.25, -0.2) is 4.98 Å². The number of halogens is 2. The molecule has 25 heavy (non-hydrogen) atoms. The molecule has 0 fully saturated rings. The van der Waals surface area contributed by atoms with E-state index in [0.29, 0.717) is 15.8 Å². The monoisotopic (exact) mass is 394 g/mol. The van der Waals surface area contributed by atoms with Crippen LogP contribution in [0.2, 0.25) is 10.0 Å². The Morgan fingerprint density at radius 1 is 1.28 bits per heavy atom. The summed E-state index contributed by atoms with van der Waals surface area (Å²) in [4.78, 5) is 18.7. The van der Waals surface area contributed by atoms with Crippen LogP contribution in [0.3, 0.4) is 0 Å². The quantitative estimate of drug-likeness (QED) is 0.596. The van der Waals surface area contributed by atoms with Crippen molar-refractivity contribution in [3.8, 4) is 5.75 Å². The van der Waals surface area contributed by atoms with Crippen molar-refractivity contribution in [2.45, 2.75) is 13.0 Å². The fraction of sp³-hybridized carbons (Fsp3) is 0.222. The Bertz CT molecular complexity index is 880. The van der Waals surface area contributed by atoms with Crippen molar-refractivity contribution in [2.75, 3.05) is 13.7 Å². The summed E-state index contributed by atoms with van der Waals surface area (Å²) in [6.07, 6.45) is 0. The van der Waals surface area contributed by atoms with Crippen LogP contribution in [0.25, 0.3) is 10.2 Å². The molecule has 0 N–H and O–H groups in total. The van der Waals surface area contributed by atoms with Crippen molar-refractivity contribution in [1.82, 2.24) is 9.88 Å². The van der Waals surface area contributed by atoms with Crippen molar-refractivity contribution in [3.63, 3.8) is 0 Å². The highest BCUT2D eigenvalue weighted by Gasteiger charge is 2.21. The summed E-state index contributed by atoms with van der Waals surface area (Å²) in [6.45, 7) is 1.85. The predicted molar refractivity (Wildman–Crippen MR) is 103 cm³/mol. The van der Waals surface area contributed by atoms with Crippen molar-refractivity contribution < 1.29 is 9.53 Å². The molecule has 130 valence electrons. The van der Waals surface area contributed by atoms with Gasteiger partial charge in [0.25, 0.3) is 5.91 Å². The molecule has 1 atom stereocenters. The number of carbonyl (C=O) groups is 1. The van der Waals surface area contributed by atoms with Crippen molar-refractivity contribution in [3.05, 3.63) is 57.5 Å². The van der Waals surface area contributed by atoms with Gasteiger partial charge in [-0.2, -0.15) is 0 Å². The zero-order valence-corrected chi connectivity index (χ0v) is 16.0. The highest BCUT2D eigenvalue weighted by molar-refractivity contribution is 7.18. The minimum atomic E-state index is -0.155. The molecular weight excluding hydrogens is 379 g/mol. The van der Waals surface area contributed by atoms with Gasteiger partial charge in [0.05, 0.1) is 21.3 Å². The molecule has 0 spiro atoms. The Morgan fingerprint density at radius 3 is 2.76 bits per heavy atom. The number of hydrogen-bond donors (Lipinski definition) is 0. The molecule has 0 saturated carbocycles. The highest BCUT2D eigenvalue weighted by atomic mass is 35.5. The van der Waals surface area contributed by atoms with Crippen LogP contribution >= 0.6 is 34.5 Å². The van der Waals surface area contributed by atoms with Crippen molar-refractivity contribution in [2.24, 2.45) is 0 Å². The molecule has 0 saturated heterocycles. The summed E-state index contributed by atoms with van der Waals surface area (Å²) in [5.41, 5.74) is 0.944. The van der Waals surface area contributed by atoms with Gasteiger partial charge in [-0.3, -0.25) is 4.79 Å². The van der Waals surface area contributed by atoms with E-state index in [1.165, 1.54) is 0 Å². The number of ether oxygens (including phenoxy) is 1. The zero-order valence-electron chi connectivity index (χ0n) is 13.7. The maximum absolute atomic E-state index is 12.4. The number of nitrogens with zero attached hydrogens (tertiary/aromatic N) is 2. The molecule has 0 radical (unpaired) electrons. The summed E-state index contributed by atoms with van der Waals surface area (Å²) in [6, 6.07) is 12.7. The van der Waals surface area contributed by atoms with E-state index < -0.39 is 0 Å². The largest absolute Gasteiger partial charge is 0.482 e. The third-order valence-corrected chi connectivity index (χ3v) is 5.62. The third kappa shape index (κ3) is 4.06. The number of benzene rings is 2. The van der Waals surface area contributed by atoms with Gasteiger partial charge in [-0.1, -0.05) is 35.3 Å². The lowest BCUT2D eigenvalue weighted by Crippen LogP contribution is -2.33. The smallest absolute Gasteiger partial charge is 0.260 e. The number of thiazole rings is 1. The minimum Gasteiger partial charge on any atom is -0.482 e. The molecule has 1 heterocycles. The second kappa shape index (κ2) is 7.60. The molecule has 0 unspecified atom stereocenters. The van der Waals surface area contributed by atoms with E-state index >= 15 is 0 Å². The summed E-state index contributed by atoms with van der Waals surface area (Å²) in [5.74, 6) is 0.276. The van der Waals surface area contributed by atoms with Crippen LogP contribution in [0.15, 0.2) is 42.5 Å². The summed E-state index contributed by atoms with van der Waals surface area (Å²) >= 11 is 13.5. The van der Waals surface area contributed by atoms with Gasteiger partial charge in [0, 0.05) is 12.1 Å². The van der Waals surface area contributed by atoms with E-state index in [9.17, 15) is 4.79 Å². The van der Waals surface area contributed by atoms with Crippen molar-refractivity contribution >= 4 is 50.7 Å². The molecule has 3 aromatic rings. The van der Waals surface area contributed by atoms with Gasteiger partial charge in [-0.05, 0) is 37.3 Å². The first-order chi connectivity index (χ1) is 12.0. The number of para-hydroxylation sites is 1. The molecule has 7 heteroatoms. The van der Waals surface area contributed by atoms with E-state index in [4.69, 9.17) is 27.9 Å². The number of amides is 1. The SMILES string of the molecule is C[C@@H](c1nc2ccccc2s1)N(C)C(=O)COc1ccc(Cl)cc1Cl. The Hall–Kier alpha value is -1.82. The lowest BCUT2D eigenvalue weighted by Gasteiger charge is -2.23. The first kappa shape index (κ1) is 18.0. The van der Waals surface area contributed by atoms with Gasteiger partial charge in [-0.15, -0.1) is 11.3 Å². The Balaban J connectivity index is 1.66. The number of likely N-dealkylation sites (N-methyl/N-ethyl adjacent to an activating group) is 1. The molecule has 0 aliphatic rings. The van der Waals surface area contributed by atoms with Gasteiger partial charge in [0.2, 0.25) is 0 Å². The average Bonchev–Trinajstić information content (AvgIpc) is 3.03. The Labute approximate surface area is 159 Å². The van der Waals surface area contributed by atoms with E-state index in [2.05, 4.69) is 4.98 Å². The summed E-state index contributed by atoms with van der Waals surface area (Å²) in [5, 5.41) is 1.79. The van der Waals surface area contributed by atoms with E-state index in [-0.39, 0.29) is 18.6 Å². The average molecular weight is 395 g/mol. The second-order valence-electron chi connectivity index (χ2n) is 5.56. The normalized spacial score (nSPS) is 12.2. The van der Waals surface area contributed by atoms with Gasteiger partial charge in [0.1, 0.15) is 10.8 Å². The second-order valence-corrected chi connectivity index (χ2v) is 7.47. The van der Waals surface area contributed by atoms with Gasteiger partial charge in [0.15, 0.2) is 6.61 Å². The molecule has 4 nitrogen and oxygen atoms in total. The maximum atomic E-state index is 12.4. The number of fused-ring (bicyclic) bond motifs is 1. The van der Waals surface area contributed by atoms with Crippen LogP contribution in [-0.4, -0.2) is 29.4 Å². The summed E-state index contributed by atoms with van der Waals surface area (Å²) in [7, 11) is 1.74. The zero-order chi connectivity index (χ0) is 18.0. The Morgan fingerprint density at radius 2 is 2.04 bits per heavy atom. The van der Waals surface area contributed by atoms with Crippen molar-refractivity contribution in [1.29, 1.82) is 0 Å². The minimum absolute atomic E-state index is 0.104. The summed E-state index contributed by atoms with van der Waals surface area (Å²) < 4.78 is 6.63. The molecule has 0 bridgehead atoms. The first-order valence-electron chi connectivity index (χ1n) is 7.64. The number of carbonyl (C=O) groups excluding carboxylic acids is 1. The molecular formula is C18H16Cl2N2O2S. The third-order valence-electron chi connectivity index (χ3n) is 3.89. The number of hydrogen-bond acceptors (Lipinski definition) is 4. The lowest BCUT2D eigenvalue weighted by atomic mass is 10.3. The van der Waals surface area contributed by atoms with Crippen LogP contribution in [0.5, 0.6) is 5.75 Å². The molecule has 2 aromatic carbocycles. The fourth-order valence-corrected chi connectivity index (χ4v) is 3.81. The molecule has 0 aliphatic heterocycles. The van der Waals surface area contributed by atoms with Crippen LogP contribution in [-0.2, 0) is 4.79 Å². The standard InChI is InChI=1S/C18H16Cl2N2O2S/c1-11(18-21-14-5-3-4-6-16(14)25-18)22(2)17(23)10-24-15-8-7-12(19)9-13(15)20/h3-9,11H,10H2,1-2H3/t11-/m0/s1. The highest BCUT2D eigenvalue weighted by Crippen LogP contribution is 2.30. The molecule has 0 aliphatic carbocycles. The Kier molecular flexibility index (Phi) is 5.47. The van der Waals surface area contributed by atoms with E-state index in [1.54, 1.807) is 41.5 Å². The fourth-order valence-electron chi connectivity index (χ4n) is 2.28.